The zero-order chi connectivity index (χ0) is 27.9. The molecule has 20 heteroatoms. The first-order valence-corrected chi connectivity index (χ1v) is 11.5. The number of aliphatic hydroxyl groups excluding tert-OH is 3. The van der Waals surface area contributed by atoms with Crippen LogP contribution in [0, 0.1) is 0 Å². The van der Waals surface area contributed by atoms with E-state index in [1.165, 1.54) is 23.2 Å². The Balaban J connectivity index is 0.000000303. The Morgan fingerprint density at radius 3 is 2.46 bits per heavy atom. The number of hydrogen-bond donors (Lipinski definition) is 10. The summed E-state index contributed by atoms with van der Waals surface area (Å²) in [6.45, 7) is -1.16. The van der Waals surface area contributed by atoms with E-state index in [-0.39, 0.29) is 23.1 Å². The number of nitrogens with zero attached hydrogens (tertiary/aromatic N) is 3. The number of ether oxygens (including phenoxy) is 1. The van der Waals surface area contributed by atoms with E-state index in [0.717, 1.165) is 0 Å². The van der Waals surface area contributed by atoms with Gasteiger partial charge in [-0.1, -0.05) is 0 Å². The minimum atomic E-state index is -4.76. The number of aromatic nitrogens is 4. The third-order valence-corrected chi connectivity index (χ3v) is 4.97. The number of nitrogens with two attached hydrogens (primary N) is 2. The van der Waals surface area contributed by atoms with Crippen LogP contribution in [0.15, 0.2) is 33.9 Å². The number of carboxylic acids is 1. The molecule has 19 nitrogen and oxygen atoms in total. The Bertz CT molecular complexity index is 1260. The lowest BCUT2D eigenvalue weighted by molar-refractivity contribution is -0.139. The van der Waals surface area contributed by atoms with Crippen LogP contribution in [0.4, 0.5) is 5.95 Å². The lowest BCUT2D eigenvalue weighted by Gasteiger charge is -2.16. The van der Waals surface area contributed by atoms with Crippen LogP contribution < -0.4 is 17.0 Å². The molecule has 1 aliphatic heterocycles. The predicted molar refractivity (Wildman–Crippen MR) is 120 cm³/mol. The topological polar surface area (TPSA) is 323 Å². The average Bonchev–Trinajstić information content (AvgIpc) is 3.53. The molecule has 0 saturated carbocycles. The van der Waals surface area contributed by atoms with Gasteiger partial charge in [0.1, 0.15) is 24.4 Å². The normalized spacial score (nSPS) is 22.0. The lowest BCUT2D eigenvalue weighted by atomic mass is 10.1. The Labute approximate surface area is 205 Å². The number of carbonyl (C=O) groups is 1. The molecule has 0 amide bonds. The molecular weight excluding hydrogens is 527 g/mol. The maximum atomic E-state index is 11.7. The molecule has 1 saturated heterocycles. The van der Waals surface area contributed by atoms with Crippen molar-refractivity contribution in [3.05, 3.63) is 35.1 Å². The minimum absolute atomic E-state index is 0.0176. The van der Waals surface area contributed by atoms with Gasteiger partial charge in [0.25, 0.3) is 11.5 Å². The summed E-state index contributed by atoms with van der Waals surface area (Å²) in [5, 5.41) is 44.3. The average molecular weight is 552 g/mol. The van der Waals surface area contributed by atoms with Gasteiger partial charge in [-0.05, 0) is 6.07 Å². The number of aromatic amines is 1. The number of anilines is 1. The Hall–Kier alpha value is -3.39. The highest BCUT2D eigenvalue weighted by molar-refractivity contribution is 7.46. The molecule has 12 N–H and O–H groups in total. The lowest BCUT2D eigenvalue weighted by Crippen LogP contribution is -2.33. The third kappa shape index (κ3) is 8.32. The zero-order valence-electron chi connectivity index (χ0n) is 18.6. The molecule has 0 radical (unpaired) electrons. The number of phosphoric acid groups is 1. The predicted octanol–water partition coefficient (Wildman–Crippen LogP) is -3.19. The maximum Gasteiger partial charge on any atom is 0.469 e. The summed E-state index contributed by atoms with van der Waals surface area (Å²) < 4.78 is 26.0. The second kappa shape index (κ2) is 12.7. The van der Waals surface area contributed by atoms with Gasteiger partial charge in [0.15, 0.2) is 17.4 Å². The van der Waals surface area contributed by atoms with E-state index in [0.29, 0.717) is 0 Å². The number of nitrogens with one attached hydrogen (secondary N) is 1. The molecule has 4 heterocycles. The number of aliphatic hydroxyl groups is 3. The number of aliphatic carboxylic acids is 1. The van der Waals surface area contributed by atoms with Crippen LogP contribution in [0.2, 0.25) is 0 Å². The van der Waals surface area contributed by atoms with Gasteiger partial charge in [0.2, 0.25) is 5.95 Å². The van der Waals surface area contributed by atoms with E-state index in [9.17, 15) is 24.4 Å². The number of furan rings is 1. The molecule has 1 fully saturated rings. The number of fused-ring (bicyclic) bond motifs is 1. The molecule has 37 heavy (non-hydrogen) atoms. The van der Waals surface area contributed by atoms with Crippen molar-refractivity contribution in [2.75, 3.05) is 18.9 Å². The van der Waals surface area contributed by atoms with Crippen molar-refractivity contribution in [2.45, 2.75) is 30.6 Å². The van der Waals surface area contributed by atoms with Crippen LogP contribution in [0.1, 0.15) is 6.23 Å². The molecule has 4 rings (SSSR count). The number of rotatable bonds is 6. The first kappa shape index (κ1) is 29.8. The van der Waals surface area contributed by atoms with Crippen LogP contribution >= 0.6 is 7.82 Å². The van der Waals surface area contributed by atoms with Crippen LogP contribution in [-0.4, -0.2) is 98.4 Å². The van der Waals surface area contributed by atoms with Crippen molar-refractivity contribution in [3.8, 4) is 5.95 Å². The molecule has 3 aromatic rings. The third-order valence-electron chi connectivity index (χ3n) is 4.49. The second-order valence-corrected chi connectivity index (χ2v) is 8.43. The summed E-state index contributed by atoms with van der Waals surface area (Å²) >= 11 is 0. The van der Waals surface area contributed by atoms with E-state index in [1.807, 2.05) is 0 Å². The van der Waals surface area contributed by atoms with Crippen LogP contribution in [0.5, 0.6) is 5.95 Å². The summed E-state index contributed by atoms with van der Waals surface area (Å²) in [7, 11) is -4.76. The number of aromatic hydroxyl groups is 1. The summed E-state index contributed by atoms with van der Waals surface area (Å²) in [6.07, 6.45) is -2.80. The molecule has 206 valence electrons. The Kier molecular flexibility index (Phi) is 10.3. The van der Waals surface area contributed by atoms with Crippen LogP contribution in [-0.2, 0) is 18.6 Å². The quantitative estimate of drug-likeness (QED) is 0.135. The fraction of sp³-hybridized carbons (Fsp3) is 0.412. The summed E-state index contributed by atoms with van der Waals surface area (Å²) in [4.78, 5) is 48.8. The summed E-state index contributed by atoms with van der Waals surface area (Å²) in [5.74, 6) is -1.39. The van der Waals surface area contributed by atoms with Gasteiger partial charge in [0, 0.05) is 6.07 Å². The second-order valence-electron chi connectivity index (χ2n) is 7.19. The van der Waals surface area contributed by atoms with E-state index < -0.39 is 63.1 Å². The van der Waals surface area contributed by atoms with Crippen LogP contribution in [0.3, 0.4) is 0 Å². The summed E-state index contributed by atoms with van der Waals surface area (Å²) in [5.41, 5.74) is 9.61. The highest BCUT2D eigenvalue weighted by atomic mass is 31.2. The highest BCUT2D eigenvalue weighted by Crippen LogP contribution is 2.38. The standard InChI is InChI=1S/C10H14N5O8P.C4H4O2.C3H7NO3/c11-10-13-7-4(8(18)14-10)12-2-15(7)9-6(17)5(16)3(23-9)1-22-24(19,20)21;5-4-2-1-3-6-4;4-2(1-5)3(6)7/h2-3,5-6,9,16-17H,1H2,(H2,19,20,21)(H3,11,13,14,18);1-3,5H;2,5H,1,4H2,(H,6,7)/t3-,5-,6-,9-;;2-/m1.0/s1. The SMILES string of the molecule is N[C@@H](CO)C(=O)O.Nc1nc2c(ncn2[C@@H]2O[C@H](COP(=O)(O)O)[C@@H](O)[C@H]2O)c(=O)[nH]1.Oc1ccco1. The van der Waals surface area contributed by atoms with Crippen molar-refractivity contribution in [1.29, 1.82) is 0 Å². The van der Waals surface area contributed by atoms with Crippen molar-refractivity contribution >= 4 is 30.9 Å². The van der Waals surface area contributed by atoms with Crippen molar-refractivity contribution < 1.29 is 58.4 Å². The number of phosphoric ester groups is 1. The Morgan fingerprint density at radius 2 is 2.00 bits per heavy atom. The van der Waals surface area contributed by atoms with Gasteiger partial charge in [0.05, 0.1) is 25.8 Å². The van der Waals surface area contributed by atoms with E-state index in [2.05, 4.69) is 23.9 Å². The van der Waals surface area contributed by atoms with E-state index in [4.69, 9.17) is 41.3 Å². The van der Waals surface area contributed by atoms with Gasteiger partial charge in [-0.25, -0.2) is 9.55 Å². The van der Waals surface area contributed by atoms with Gasteiger partial charge in [-0.15, -0.1) is 0 Å². The zero-order valence-corrected chi connectivity index (χ0v) is 19.5. The van der Waals surface area contributed by atoms with Gasteiger partial charge >= 0.3 is 13.8 Å². The Morgan fingerprint density at radius 1 is 1.32 bits per heavy atom. The molecule has 5 atom stereocenters. The first-order valence-electron chi connectivity index (χ1n) is 10.0. The van der Waals surface area contributed by atoms with Crippen molar-refractivity contribution in [2.24, 2.45) is 5.73 Å². The monoisotopic (exact) mass is 552 g/mol. The minimum Gasteiger partial charge on any atom is -0.481 e. The van der Waals surface area contributed by atoms with Gasteiger partial charge in [-0.2, -0.15) is 4.98 Å². The van der Waals surface area contributed by atoms with Crippen LogP contribution in [0.25, 0.3) is 11.2 Å². The summed E-state index contributed by atoms with van der Waals surface area (Å²) in [6, 6.07) is 1.97. The number of imidazole rings is 1. The fourth-order valence-corrected chi connectivity index (χ4v) is 3.09. The molecule has 0 aromatic carbocycles. The smallest absolute Gasteiger partial charge is 0.469 e. The molecule has 0 spiro atoms. The number of carboxylic acid groups (broad SMARTS) is 1. The fourth-order valence-electron chi connectivity index (χ4n) is 2.74. The van der Waals surface area contributed by atoms with Crippen molar-refractivity contribution in [3.63, 3.8) is 0 Å². The van der Waals surface area contributed by atoms with Gasteiger partial charge < -0.3 is 55.9 Å². The number of nitrogen functional groups attached to an aromatic ring is 1. The molecule has 0 aliphatic carbocycles. The molecule has 3 aromatic heterocycles. The molecule has 1 aliphatic rings. The van der Waals surface area contributed by atoms with Crippen molar-refractivity contribution in [1.82, 2.24) is 19.5 Å². The van der Waals surface area contributed by atoms with E-state index in [1.54, 1.807) is 6.07 Å². The first-order chi connectivity index (χ1) is 17.2. The number of hydrogen-bond acceptors (Lipinski definition) is 14. The van der Waals surface area contributed by atoms with Gasteiger partial charge in [-0.3, -0.25) is 23.7 Å². The molecular formula is C17H25N6O13P. The molecule has 0 bridgehead atoms. The maximum absolute atomic E-state index is 11.7. The largest absolute Gasteiger partial charge is 0.481 e. The molecule has 0 unspecified atom stereocenters. The highest BCUT2D eigenvalue weighted by Gasteiger charge is 2.45. The van der Waals surface area contributed by atoms with E-state index >= 15 is 0 Å². The number of H-pyrrole nitrogens is 1.